The van der Waals surface area contributed by atoms with Gasteiger partial charge in [0, 0.05) is 31.2 Å². The molecule has 1 heterocycles. The highest BCUT2D eigenvalue weighted by molar-refractivity contribution is 5.97. The Morgan fingerprint density at radius 1 is 1.24 bits per heavy atom. The van der Waals surface area contributed by atoms with Gasteiger partial charge in [0.25, 0.3) is 5.91 Å². The van der Waals surface area contributed by atoms with Crippen molar-refractivity contribution in [3.63, 3.8) is 0 Å². The second kappa shape index (κ2) is 6.22. The Bertz CT molecular complexity index is 530. The minimum atomic E-state index is -0.654. The maximum atomic E-state index is 12.9. The number of benzene rings is 1. The van der Waals surface area contributed by atoms with Crippen molar-refractivity contribution >= 4 is 11.8 Å². The molecule has 2 N–H and O–H groups in total. The molecule has 0 bridgehead atoms. The van der Waals surface area contributed by atoms with Gasteiger partial charge in [-0.05, 0) is 38.1 Å². The molecule has 6 heteroatoms. The maximum Gasteiger partial charge on any atom is 0.254 e. The van der Waals surface area contributed by atoms with E-state index < -0.39 is 17.8 Å². The summed E-state index contributed by atoms with van der Waals surface area (Å²) in [5.41, 5.74) is 5.80. The number of carbonyl (C=O) groups is 2. The average molecular weight is 293 g/mol. The van der Waals surface area contributed by atoms with E-state index in [0.717, 1.165) is 0 Å². The topological polar surface area (TPSA) is 66.6 Å². The van der Waals surface area contributed by atoms with Crippen molar-refractivity contribution in [2.75, 3.05) is 19.6 Å². The summed E-state index contributed by atoms with van der Waals surface area (Å²) in [5, 5.41) is 0. The Hall–Kier alpha value is -1.95. The van der Waals surface area contributed by atoms with E-state index in [1.165, 1.54) is 29.2 Å². The standard InChI is InChI=1S/C15H20FN3O2/c1-10(2)18-7-8-19(13(9-18)14(17)20)15(21)11-3-5-12(16)6-4-11/h3-6,10,13H,7-9H2,1-2H3,(H2,17,20). The van der Waals surface area contributed by atoms with E-state index in [2.05, 4.69) is 4.90 Å². The summed E-state index contributed by atoms with van der Waals surface area (Å²) in [6, 6.07) is 4.94. The third-order valence-corrected chi connectivity index (χ3v) is 3.82. The van der Waals surface area contributed by atoms with Crippen molar-refractivity contribution in [3.8, 4) is 0 Å². The monoisotopic (exact) mass is 293 g/mol. The number of rotatable bonds is 3. The van der Waals surface area contributed by atoms with Gasteiger partial charge < -0.3 is 10.6 Å². The van der Waals surface area contributed by atoms with E-state index in [4.69, 9.17) is 5.73 Å². The minimum Gasteiger partial charge on any atom is -0.368 e. The molecule has 1 aliphatic rings. The molecule has 2 amide bonds. The fourth-order valence-electron chi connectivity index (χ4n) is 2.52. The molecule has 0 spiro atoms. The number of hydrogen-bond acceptors (Lipinski definition) is 3. The molecule has 0 aliphatic carbocycles. The molecule has 1 aliphatic heterocycles. The van der Waals surface area contributed by atoms with Gasteiger partial charge in [0.2, 0.25) is 5.91 Å². The Morgan fingerprint density at radius 3 is 2.38 bits per heavy atom. The molecule has 0 radical (unpaired) electrons. The van der Waals surface area contributed by atoms with Crippen LogP contribution in [0.15, 0.2) is 24.3 Å². The third kappa shape index (κ3) is 3.39. The lowest BCUT2D eigenvalue weighted by atomic mass is 10.1. The SMILES string of the molecule is CC(C)N1CCN(C(=O)c2ccc(F)cc2)C(C(N)=O)C1. The third-order valence-electron chi connectivity index (χ3n) is 3.82. The first-order chi connectivity index (χ1) is 9.90. The number of primary amides is 1. The zero-order chi connectivity index (χ0) is 15.6. The van der Waals surface area contributed by atoms with E-state index >= 15 is 0 Å². The molecule has 1 aromatic rings. The van der Waals surface area contributed by atoms with Crippen LogP contribution in [0, 0.1) is 5.82 Å². The summed E-state index contributed by atoms with van der Waals surface area (Å²) < 4.78 is 12.9. The van der Waals surface area contributed by atoms with Gasteiger partial charge in [0.15, 0.2) is 0 Å². The predicted octanol–water partition coefficient (Wildman–Crippen LogP) is 0.846. The van der Waals surface area contributed by atoms with Gasteiger partial charge in [-0.3, -0.25) is 14.5 Å². The summed E-state index contributed by atoms with van der Waals surface area (Å²) >= 11 is 0. The van der Waals surface area contributed by atoms with Gasteiger partial charge in [-0.2, -0.15) is 0 Å². The van der Waals surface area contributed by atoms with Crippen LogP contribution in [0.2, 0.25) is 0 Å². The van der Waals surface area contributed by atoms with E-state index in [9.17, 15) is 14.0 Å². The highest BCUT2D eigenvalue weighted by atomic mass is 19.1. The molecule has 5 nitrogen and oxygen atoms in total. The zero-order valence-electron chi connectivity index (χ0n) is 12.3. The van der Waals surface area contributed by atoms with E-state index in [-0.39, 0.29) is 11.9 Å². The van der Waals surface area contributed by atoms with E-state index in [0.29, 0.717) is 25.2 Å². The fraction of sp³-hybridized carbons (Fsp3) is 0.467. The number of nitrogens with zero attached hydrogens (tertiary/aromatic N) is 2. The van der Waals surface area contributed by atoms with Crippen LogP contribution in [0.3, 0.4) is 0 Å². The molecule has 21 heavy (non-hydrogen) atoms. The summed E-state index contributed by atoms with van der Waals surface area (Å²) in [7, 11) is 0. The van der Waals surface area contributed by atoms with Crippen LogP contribution in [-0.4, -0.2) is 53.3 Å². The van der Waals surface area contributed by atoms with Crippen LogP contribution in [0.4, 0.5) is 4.39 Å². The minimum absolute atomic E-state index is 0.287. The Balaban J connectivity index is 2.19. The van der Waals surface area contributed by atoms with Crippen LogP contribution in [0.1, 0.15) is 24.2 Å². The second-order valence-electron chi connectivity index (χ2n) is 5.51. The molecule has 1 unspecified atom stereocenters. The quantitative estimate of drug-likeness (QED) is 0.898. The van der Waals surface area contributed by atoms with Crippen molar-refractivity contribution in [1.29, 1.82) is 0 Å². The Morgan fingerprint density at radius 2 is 1.86 bits per heavy atom. The number of halogens is 1. The zero-order valence-corrected chi connectivity index (χ0v) is 12.3. The van der Waals surface area contributed by atoms with Crippen LogP contribution in [0.5, 0.6) is 0 Å². The van der Waals surface area contributed by atoms with Crippen molar-refractivity contribution in [2.24, 2.45) is 5.73 Å². The van der Waals surface area contributed by atoms with Crippen LogP contribution < -0.4 is 5.73 Å². The number of nitrogens with two attached hydrogens (primary N) is 1. The number of piperazine rings is 1. The molecule has 1 aromatic carbocycles. The molecule has 0 saturated carbocycles. The summed E-state index contributed by atoms with van der Waals surface area (Å²) in [4.78, 5) is 27.7. The molecular formula is C15H20FN3O2. The average Bonchev–Trinajstić information content (AvgIpc) is 2.46. The predicted molar refractivity (Wildman–Crippen MR) is 77.1 cm³/mol. The lowest BCUT2D eigenvalue weighted by Gasteiger charge is -2.41. The number of hydrogen-bond donors (Lipinski definition) is 1. The number of carbonyl (C=O) groups excluding carboxylic acids is 2. The Kier molecular flexibility index (Phi) is 4.57. The maximum absolute atomic E-state index is 12.9. The van der Waals surface area contributed by atoms with Crippen LogP contribution >= 0.6 is 0 Å². The molecule has 0 aromatic heterocycles. The first kappa shape index (κ1) is 15.4. The van der Waals surface area contributed by atoms with Gasteiger partial charge in [-0.25, -0.2) is 4.39 Å². The summed E-state index contributed by atoms with van der Waals surface area (Å²) in [6.45, 7) is 5.63. The van der Waals surface area contributed by atoms with Gasteiger partial charge >= 0.3 is 0 Å². The van der Waals surface area contributed by atoms with Gasteiger partial charge in [0.1, 0.15) is 11.9 Å². The molecular weight excluding hydrogens is 273 g/mol. The summed E-state index contributed by atoms with van der Waals surface area (Å²) in [5.74, 6) is -1.21. The van der Waals surface area contributed by atoms with Gasteiger partial charge in [-0.1, -0.05) is 0 Å². The lowest BCUT2D eigenvalue weighted by molar-refractivity contribution is -0.124. The van der Waals surface area contributed by atoms with Gasteiger partial charge in [-0.15, -0.1) is 0 Å². The first-order valence-electron chi connectivity index (χ1n) is 7.00. The van der Waals surface area contributed by atoms with Crippen molar-refractivity contribution in [2.45, 2.75) is 25.9 Å². The highest BCUT2D eigenvalue weighted by Gasteiger charge is 2.35. The molecule has 1 saturated heterocycles. The highest BCUT2D eigenvalue weighted by Crippen LogP contribution is 2.16. The van der Waals surface area contributed by atoms with Crippen LogP contribution in [0.25, 0.3) is 0 Å². The van der Waals surface area contributed by atoms with E-state index in [1.807, 2.05) is 13.8 Å². The summed E-state index contributed by atoms with van der Waals surface area (Å²) in [6.07, 6.45) is 0. The fourth-order valence-corrected chi connectivity index (χ4v) is 2.52. The Labute approximate surface area is 123 Å². The lowest BCUT2D eigenvalue weighted by Crippen LogP contribution is -2.60. The smallest absolute Gasteiger partial charge is 0.254 e. The van der Waals surface area contributed by atoms with E-state index in [1.54, 1.807) is 0 Å². The van der Waals surface area contributed by atoms with Crippen molar-refractivity contribution in [1.82, 2.24) is 9.80 Å². The molecule has 114 valence electrons. The molecule has 2 rings (SSSR count). The van der Waals surface area contributed by atoms with Crippen LogP contribution in [-0.2, 0) is 4.79 Å². The molecule has 1 atom stereocenters. The van der Waals surface area contributed by atoms with Crippen molar-refractivity contribution < 1.29 is 14.0 Å². The first-order valence-corrected chi connectivity index (χ1v) is 7.00. The second-order valence-corrected chi connectivity index (χ2v) is 5.51. The normalized spacial score (nSPS) is 19.8. The number of amides is 2. The molecule has 1 fully saturated rings. The largest absolute Gasteiger partial charge is 0.368 e. The van der Waals surface area contributed by atoms with Gasteiger partial charge in [0.05, 0.1) is 0 Å². The van der Waals surface area contributed by atoms with Crippen molar-refractivity contribution in [3.05, 3.63) is 35.6 Å².